The summed E-state index contributed by atoms with van der Waals surface area (Å²) in [7, 11) is 1.34. The van der Waals surface area contributed by atoms with Gasteiger partial charge in [0.15, 0.2) is 0 Å². The first-order chi connectivity index (χ1) is 49.4. The summed E-state index contributed by atoms with van der Waals surface area (Å²) >= 11 is -1.62. The number of nitro benzene ring substituents is 2. The molecule has 3 radical (unpaired) electrons. The molecule has 5 aromatic heterocycles. The largest absolute Gasteiger partial charge is 1.00 e. The van der Waals surface area contributed by atoms with Crippen LogP contribution in [0.4, 0.5) is 74.6 Å². The predicted molar refractivity (Wildman–Crippen MR) is 381 cm³/mol. The van der Waals surface area contributed by atoms with E-state index in [0.717, 1.165) is 17.7 Å². The molecular weight excluding hydrogens is 1530 g/mol. The number of aliphatic hydroxyl groups excluding tert-OH is 1. The number of nitro groups is 7. The number of non-ortho nitro benzene ring substituents is 2. The number of fused-ring (bicyclic) bond motifs is 3. The molecule has 5 heterocycles. The number of pyridine rings is 5. The van der Waals surface area contributed by atoms with Crippen molar-refractivity contribution in [2.45, 2.75) is 33.7 Å². The van der Waals surface area contributed by atoms with Crippen molar-refractivity contribution in [2.24, 2.45) is 0 Å². The van der Waals surface area contributed by atoms with Crippen LogP contribution in [-0.2, 0) is 49.4 Å². The number of aromatic nitrogens is 5. The summed E-state index contributed by atoms with van der Waals surface area (Å²) < 4.78 is 33.0. The Morgan fingerprint density at radius 2 is 0.757 bits per heavy atom. The fraction of sp³-hybridized carbons (Fsp3) is 0.0968. The fourth-order valence-corrected chi connectivity index (χ4v) is 8.84. The van der Waals surface area contributed by atoms with E-state index >= 15 is 0 Å². The summed E-state index contributed by atoms with van der Waals surface area (Å²) in [5, 5.41) is 104. The number of anilines is 6. The van der Waals surface area contributed by atoms with E-state index in [0.29, 0.717) is 49.9 Å². The Balaban J connectivity index is 0.00000127. The van der Waals surface area contributed by atoms with Gasteiger partial charge in [-0.15, -0.1) is 0 Å². The Morgan fingerprint density at radius 3 is 1.11 bits per heavy atom. The summed E-state index contributed by atoms with van der Waals surface area (Å²) in [4.78, 5) is 98.4. The molecule has 0 aliphatic heterocycles. The van der Waals surface area contributed by atoms with Crippen LogP contribution in [0.1, 0.15) is 30.6 Å². The first kappa shape index (κ1) is 91.8. The van der Waals surface area contributed by atoms with Crippen LogP contribution in [0.3, 0.4) is 0 Å². The number of aromatic hydroxyl groups is 1. The summed E-state index contributed by atoms with van der Waals surface area (Å²) in [5.74, 6) is -0.345. The Labute approximate surface area is 643 Å². The molecule has 0 unspecified atom stereocenters. The molecule has 41 nitrogen and oxygen atoms in total. The van der Waals surface area contributed by atoms with Crippen molar-refractivity contribution in [3.63, 3.8) is 0 Å². The Morgan fingerprint density at radius 1 is 0.449 bits per heavy atom. The van der Waals surface area contributed by atoms with Crippen LogP contribution in [-0.4, -0.2) is 111 Å². The number of aryl methyl sites for hydroxylation is 1. The van der Waals surface area contributed by atoms with Crippen molar-refractivity contribution in [3.05, 3.63) is 264 Å². The zero-order valence-corrected chi connectivity index (χ0v) is 60.8. The molecule has 6 aromatic carbocycles. The number of hydrogen-bond donors (Lipinski definition) is 9. The smallest absolute Gasteiger partial charge is 1.00 e. The average molecular weight is 1590 g/mol. The number of nitrogens with zero attached hydrogens (tertiary/aromatic N) is 12. The fourth-order valence-electron chi connectivity index (χ4n) is 8.84. The van der Waals surface area contributed by atoms with Crippen LogP contribution in [0.2, 0.25) is 0 Å². The topological polar surface area (TPSA) is 662 Å². The van der Waals surface area contributed by atoms with E-state index < -0.39 is 61.9 Å². The van der Waals surface area contributed by atoms with Gasteiger partial charge in [0.25, 0.3) is 17.3 Å². The Kier molecular flexibility index (Phi) is 38.6. The molecule has 0 aliphatic rings. The van der Waals surface area contributed by atoms with Crippen LogP contribution in [0.25, 0.3) is 32.3 Å². The van der Waals surface area contributed by atoms with Crippen LogP contribution in [0.5, 0.6) is 23.0 Å². The maximum atomic E-state index is 11.1. The number of rotatable bonds is 15. The third kappa shape index (κ3) is 26.2. The molecular formula is C62H59BFeN18NaO23Se. The number of carbonyl (C=O) groups is 1. The zero-order chi connectivity index (χ0) is 77.5. The van der Waals surface area contributed by atoms with Gasteiger partial charge in [0, 0.05) is 114 Å². The normalized spacial score (nSPS) is 9.57. The van der Waals surface area contributed by atoms with Gasteiger partial charge >= 0.3 is 80.5 Å². The van der Waals surface area contributed by atoms with Gasteiger partial charge in [0.05, 0.1) is 75.6 Å². The second-order valence-electron chi connectivity index (χ2n) is 19.8. The molecule has 0 bridgehead atoms. The number of carboxylic acid groups (broad SMARTS) is 1. The van der Waals surface area contributed by atoms with E-state index in [-0.39, 0.29) is 161 Å². The molecule has 107 heavy (non-hydrogen) atoms. The third-order valence-electron chi connectivity index (χ3n) is 13.3. The summed E-state index contributed by atoms with van der Waals surface area (Å²) in [6, 6.07) is 37.2. The molecule has 45 heteroatoms. The van der Waals surface area contributed by atoms with E-state index in [1.54, 1.807) is 73.7 Å². The minimum atomic E-state index is -1.62. The van der Waals surface area contributed by atoms with E-state index in [1.807, 2.05) is 24.3 Å². The van der Waals surface area contributed by atoms with Gasteiger partial charge in [-0.1, -0.05) is 60.7 Å². The molecule has 11 rings (SSSR count). The van der Waals surface area contributed by atoms with Crippen LogP contribution >= 0.6 is 0 Å². The van der Waals surface area contributed by atoms with Crippen molar-refractivity contribution in [1.29, 1.82) is 0 Å². The van der Waals surface area contributed by atoms with Gasteiger partial charge < -0.3 is 65.4 Å². The molecule has 0 spiro atoms. The second kappa shape index (κ2) is 45.0. The van der Waals surface area contributed by atoms with Gasteiger partial charge in [0.2, 0.25) is 34.8 Å². The van der Waals surface area contributed by atoms with Gasteiger partial charge in [-0.3, -0.25) is 75.6 Å². The minimum absolute atomic E-state index is 0. The van der Waals surface area contributed by atoms with Crippen molar-refractivity contribution < 1.29 is 125 Å². The number of aliphatic hydroxyl groups is 1. The van der Waals surface area contributed by atoms with Gasteiger partial charge in [0.1, 0.15) is 30.5 Å². The van der Waals surface area contributed by atoms with Crippen LogP contribution < -0.4 is 78.2 Å². The third-order valence-corrected chi connectivity index (χ3v) is 13.3. The van der Waals surface area contributed by atoms with Gasteiger partial charge in [-0.05, 0) is 67.6 Å². The standard InChI is InChI=1S/C16H12N4O5.C16H14N4O3.C10H7NO3.2C6H7N3O3.C6H7N3O2.C2H4O2.B.Fe.Na.O2Se.H/c17-16-15(20(23)24)10(7-8-18-16)9-25-14-6-5-13(19(21)22)11-3-1-2-4-12(11)14;17-13-5-6-14(12-4-2-1-3-11(12)13)23-9-10-7-8-19-16(18)15(10)20(21)22;12-10-6-5-9(11(13)14)7-3-1-2-4-8(7)10;1-12-4-2-3-8-6(7)5(4)9(10)11;7-6-5(9(11)12)4(3-10)1-2-8-6;1-4-2-3-8-6(7)5(4)9(10)11;1-2(3)4;;;;1-3-2;/h1-8H,9H2,(H2,17,18);1-8H,9,17H2,(H2,18,19);1-6,12H;2-3H,1H3,(H2,7,8);1-2,10H,3H2,(H2,7,8);2-3H,1H3,(H2,7,8);1H3,(H,3,4);;;;;/q;;;;;;;;;+1;;-1. The minimum Gasteiger partial charge on any atom is -1.00 e. The van der Waals surface area contributed by atoms with Crippen LogP contribution in [0.15, 0.2) is 171 Å². The first-order valence-electron chi connectivity index (χ1n) is 28.5. The summed E-state index contributed by atoms with van der Waals surface area (Å²) in [6.07, 6.45) is 6.88. The number of phenolic OH excluding ortho intramolecular Hbond substituents is 1. The molecule has 0 saturated heterocycles. The van der Waals surface area contributed by atoms with Gasteiger partial charge in [-0.2, -0.15) is 0 Å². The summed E-state index contributed by atoms with van der Waals surface area (Å²) in [6.45, 7) is 2.18. The molecule has 11 aromatic rings. The van der Waals surface area contributed by atoms with Crippen molar-refractivity contribution in [1.82, 2.24) is 24.9 Å². The number of carboxylic acids is 1. The molecule has 15 N–H and O–H groups in total. The Bertz CT molecular complexity index is 4960. The second-order valence-corrected chi connectivity index (χ2v) is 20.1. The van der Waals surface area contributed by atoms with Gasteiger partial charge in [-0.25, -0.2) is 24.9 Å². The van der Waals surface area contributed by atoms with E-state index in [2.05, 4.69) is 24.9 Å². The monoisotopic (exact) mass is 1590 g/mol. The average Bonchev–Trinajstić information content (AvgIpc) is 0.812. The SMILES string of the molecule is CC(=O)O.COc1ccnc(N)c1[N+](=O)[O-].Cc1ccnc(N)c1[N+](=O)[O-].Nc1nccc(CO)c1[N+](=O)[O-].Nc1nccc(COc2ccc(N)c3ccccc23)c1[N+](=O)[O-].Nc1nccc(COc2ccc([N+](=O)[O-])c3ccccc23)c1[N+](=O)[O-].O=[N+]([O-])c1ccc(O)c2ccccc12.O=[Se]=O.[B].[Fe].[H-].[Na+]. The maximum absolute atomic E-state index is 11.1. The van der Waals surface area contributed by atoms with E-state index in [4.69, 9.17) is 71.3 Å². The number of phenols is 1. The maximum Gasteiger partial charge on any atom is 1.00 e. The molecule has 553 valence electrons. The first-order valence-corrected chi connectivity index (χ1v) is 29.9. The molecule has 0 saturated carbocycles. The van der Waals surface area contributed by atoms with Crippen molar-refractivity contribution in [2.75, 3.05) is 41.5 Å². The van der Waals surface area contributed by atoms with E-state index in [1.165, 1.54) is 86.6 Å². The number of aliphatic carboxylic acids is 1. The molecule has 0 amide bonds. The molecule has 0 aliphatic carbocycles. The number of nitrogens with two attached hydrogens (primary N) is 6. The Hall–Kier alpha value is -13.2. The predicted octanol–water partition coefficient (Wildman–Crippen LogP) is 6.28. The molecule has 0 atom stereocenters. The zero-order valence-electron chi connectivity index (χ0n) is 57.0. The van der Waals surface area contributed by atoms with Crippen molar-refractivity contribution in [3.8, 4) is 23.0 Å². The molecule has 0 fully saturated rings. The van der Waals surface area contributed by atoms with E-state index in [9.17, 15) is 75.9 Å². The quantitative estimate of drug-likeness (QED) is 0.0236. The number of hydrogen-bond acceptors (Lipinski definition) is 33. The number of ether oxygens (including phenoxy) is 3. The number of nitrogen functional groups attached to an aromatic ring is 6. The van der Waals surface area contributed by atoms with Crippen LogP contribution in [0, 0.1) is 77.7 Å². The van der Waals surface area contributed by atoms with Crippen molar-refractivity contribution >= 4 is 136 Å². The number of methoxy groups -OCH3 is 1. The summed E-state index contributed by atoms with van der Waals surface area (Å²) in [5.41, 5.74) is 33.5. The number of benzene rings is 6.